The van der Waals surface area contributed by atoms with Crippen LogP contribution in [0.4, 0.5) is 5.69 Å². The molecule has 2 aromatic rings. The third-order valence-electron chi connectivity index (χ3n) is 3.17. The summed E-state index contributed by atoms with van der Waals surface area (Å²) in [4.78, 5) is 0. The van der Waals surface area contributed by atoms with Crippen molar-refractivity contribution in [3.8, 4) is 6.07 Å². The number of aryl methyl sites for hydroxylation is 4. The first-order valence-corrected chi connectivity index (χ1v) is 8.26. The van der Waals surface area contributed by atoms with Gasteiger partial charge in [-0.3, -0.25) is 0 Å². The van der Waals surface area contributed by atoms with E-state index in [1.165, 1.54) is 0 Å². The summed E-state index contributed by atoms with van der Waals surface area (Å²) >= 11 is 6.76. The molecule has 0 atom stereocenters. The molecule has 0 aromatic heterocycles. The first-order chi connectivity index (χ1) is 10.8. The zero-order chi connectivity index (χ0) is 18.2. The summed E-state index contributed by atoms with van der Waals surface area (Å²) in [7, 11) is 0. The Balaban J connectivity index is 0. The summed E-state index contributed by atoms with van der Waals surface area (Å²) in [5, 5.41) is 15.0. The Kier molecular flexibility index (Phi) is 12.6. The quantitative estimate of drug-likeness (QED) is 0.288. The smallest absolute Gasteiger partial charge is 0.512 e. The fraction of sp³-hybridized carbons (Fsp3) is 0.222. The molecule has 2 rings (SSSR count). The number of nitrogens with two attached hydrogens (primary N) is 1. The summed E-state index contributed by atoms with van der Waals surface area (Å²) in [5.74, 6) is 0. The van der Waals surface area contributed by atoms with Crippen molar-refractivity contribution in [2.24, 2.45) is 0 Å². The third kappa shape index (κ3) is 7.51. The first-order valence-electron chi connectivity index (χ1n) is 6.67. The van der Waals surface area contributed by atoms with Crippen LogP contribution in [0.3, 0.4) is 0 Å². The Hall–Kier alpha value is -1.30. The van der Waals surface area contributed by atoms with E-state index in [1.807, 2.05) is 52.0 Å². The van der Waals surface area contributed by atoms with Gasteiger partial charge in [0.15, 0.2) is 0 Å². The fourth-order valence-electron chi connectivity index (χ4n) is 2.01. The van der Waals surface area contributed by atoms with Gasteiger partial charge in [-0.2, -0.15) is 5.26 Å². The number of hydrogen-bond acceptors (Lipinski definition) is 3. The van der Waals surface area contributed by atoms with E-state index in [0.29, 0.717) is 0 Å². The van der Waals surface area contributed by atoms with Gasteiger partial charge in [0.05, 0.1) is 11.6 Å². The molecule has 130 valence electrons. The normalized spacial score (nSPS) is 8.46. The molecule has 0 bridgehead atoms. The average Bonchev–Trinajstić information content (AvgIpc) is 2.47. The number of halogens is 2. The molecule has 0 spiro atoms. The molecule has 0 amide bonds. The standard InChI is InChI=1S/C9H8BrN.C8H10BrN.CN.Cu/c1-6-3-8(10)4-7(2)9(6)5-11;1-5-3-7(9)4-6(2)8(5)10;1-2;/h3-4H,1-2H3;3-4H,10H2,1-2H3;;/q;;-1;+1. The first kappa shape index (κ1) is 24.9. The molecule has 3 nitrogen and oxygen atoms in total. The van der Waals surface area contributed by atoms with Crippen LogP contribution in [-0.2, 0) is 17.1 Å². The Morgan fingerprint density at radius 2 is 1.12 bits per heavy atom. The Bertz CT molecular complexity index is 704. The van der Waals surface area contributed by atoms with E-state index in [-0.39, 0.29) is 17.1 Å². The topological polar surface area (TPSA) is 73.6 Å². The van der Waals surface area contributed by atoms with Crippen molar-refractivity contribution in [3.63, 3.8) is 0 Å². The van der Waals surface area contributed by atoms with Crippen molar-refractivity contribution >= 4 is 37.5 Å². The molecule has 0 saturated carbocycles. The van der Waals surface area contributed by atoms with Crippen LogP contribution in [0.2, 0.25) is 0 Å². The van der Waals surface area contributed by atoms with Crippen molar-refractivity contribution in [1.29, 1.82) is 10.5 Å². The maximum Gasteiger partial charge on any atom is 1.00 e. The minimum atomic E-state index is 0. The largest absolute Gasteiger partial charge is 1.00 e. The van der Waals surface area contributed by atoms with Gasteiger partial charge in [-0.1, -0.05) is 31.9 Å². The van der Waals surface area contributed by atoms with Crippen LogP contribution < -0.4 is 5.73 Å². The molecule has 0 radical (unpaired) electrons. The van der Waals surface area contributed by atoms with E-state index in [2.05, 4.69) is 37.9 Å². The van der Waals surface area contributed by atoms with E-state index in [0.717, 1.165) is 42.5 Å². The summed E-state index contributed by atoms with van der Waals surface area (Å²) in [5.41, 5.74) is 11.7. The van der Waals surface area contributed by atoms with Crippen molar-refractivity contribution in [3.05, 3.63) is 67.6 Å². The van der Waals surface area contributed by atoms with Gasteiger partial charge < -0.3 is 17.6 Å². The third-order valence-corrected chi connectivity index (χ3v) is 4.08. The zero-order valence-electron chi connectivity index (χ0n) is 13.8. The number of nitrogen functional groups attached to an aromatic ring is 1. The maximum atomic E-state index is 8.72. The van der Waals surface area contributed by atoms with E-state index in [9.17, 15) is 0 Å². The van der Waals surface area contributed by atoms with Gasteiger partial charge in [0.2, 0.25) is 0 Å². The second-order valence-corrected chi connectivity index (χ2v) is 6.81. The van der Waals surface area contributed by atoms with Gasteiger partial charge in [0.1, 0.15) is 0 Å². The van der Waals surface area contributed by atoms with Crippen molar-refractivity contribution in [2.45, 2.75) is 27.7 Å². The minimum Gasteiger partial charge on any atom is -0.512 e. The summed E-state index contributed by atoms with van der Waals surface area (Å²) < 4.78 is 2.13. The van der Waals surface area contributed by atoms with Crippen LogP contribution in [0.5, 0.6) is 0 Å². The van der Waals surface area contributed by atoms with Gasteiger partial charge in [-0.15, -0.1) is 0 Å². The Morgan fingerprint density at radius 1 is 0.833 bits per heavy atom. The van der Waals surface area contributed by atoms with Crippen LogP contribution in [0.15, 0.2) is 33.2 Å². The summed E-state index contributed by atoms with van der Waals surface area (Å²) in [6.45, 7) is 12.6. The van der Waals surface area contributed by atoms with Gasteiger partial charge in [-0.25, -0.2) is 0 Å². The molecule has 2 aromatic carbocycles. The molecule has 0 aliphatic heterocycles. The van der Waals surface area contributed by atoms with Gasteiger partial charge in [0.25, 0.3) is 0 Å². The predicted molar refractivity (Wildman–Crippen MR) is 101 cm³/mol. The van der Waals surface area contributed by atoms with Gasteiger partial charge in [0, 0.05) is 14.6 Å². The second kappa shape index (κ2) is 12.1. The van der Waals surface area contributed by atoms with Crippen LogP contribution >= 0.6 is 31.9 Å². The van der Waals surface area contributed by atoms with Gasteiger partial charge >= 0.3 is 17.1 Å². The van der Waals surface area contributed by atoms with Crippen molar-refractivity contribution in [2.75, 3.05) is 5.73 Å². The molecule has 0 fully saturated rings. The Labute approximate surface area is 171 Å². The molecule has 0 heterocycles. The van der Waals surface area contributed by atoms with E-state index in [4.69, 9.17) is 22.8 Å². The second-order valence-electron chi connectivity index (χ2n) is 4.98. The zero-order valence-corrected chi connectivity index (χ0v) is 18.0. The monoisotopic (exact) mass is 497 g/mol. The fourth-order valence-corrected chi connectivity index (χ4v) is 3.38. The number of hydrogen-bond donors (Lipinski definition) is 1. The summed E-state index contributed by atoms with van der Waals surface area (Å²) in [6, 6.07) is 10.1. The average molecular weight is 500 g/mol. The minimum absolute atomic E-state index is 0. The molecular weight excluding hydrogens is 482 g/mol. The maximum absolute atomic E-state index is 8.72. The molecule has 2 N–H and O–H groups in total. The van der Waals surface area contributed by atoms with E-state index < -0.39 is 0 Å². The molecule has 6 heteroatoms. The molecule has 0 aliphatic carbocycles. The van der Waals surface area contributed by atoms with Crippen LogP contribution in [0, 0.1) is 50.9 Å². The molecular formula is C18H18Br2CuN3. The summed E-state index contributed by atoms with van der Waals surface area (Å²) in [6.07, 6.45) is 0. The number of nitrogens with zero attached hydrogens (tertiary/aromatic N) is 2. The van der Waals surface area contributed by atoms with Crippen LogP contribution in [0.1, 0.15) is 27.8 Å². The van der Waals surface area contributed by atoms with Crippen LogP contribution in [-0.4, -0.2) is 0 Å². The van der Waals surface area contributed by atoms with Crippen molar-refractivity contribution < 1.29 is 17.1 Å². The number of nitriles is 1. The predicted octanol–water partition coefficient (Wildman–Crippen LogP) is 5.68. The van der Waals surface area contributed by atoms with Crippen molar-refractivity contribution in [1.82, 2.24) is 0 Å². The Morgan fingerprint density at radius 3 is 1.42 bits per heavy atom. The van der Waals surface area contributed by atoms with E-state index >= 15 is 0 Å². The van der Waals surface area contributed by atoms with Crippen LogP contribution in [0.25, 0.3) is 0 Å². The molecule has 0 saturated heterocycles. The number of rotatable bonds is 0. The van der Waals surface area contributed by atoms with Gasteiger partial charge in [-0.05, 0) is 74.2 Å². The van der Waals surface area contributed by atoms with E-state index in [1.54, 1.807) is 0 Å². The molecule has 24 heavy (non-hydrogen) atoms. The SMILES string of the molecule is Cc1cc(Br)cc(C)c1C#N.Cc1cc(Br)cc(C)c1N.[C-]#N.[Cu+]. The molecule has 0 unspecified atom stereocenters. The molecule has 0 aliphatic rings. The number of benzene rings is 2. The number of anilines is 1.